The molecule has 0 saturated carbocycles. The number of anilines is 1. The molecule has 1 heterocycles. The number of esters is 1. The van der Waals surface area contributed by atoms with E-state index in [0.717, 1.165) is 11.3 Å². The van der Waals surface area contributed by atoms with Crippen molar-refractivity contribution in [3.05, 3.63) is 71.8 Å². The van der Waals surface area contributed by atoms with Crippen LogP contribution in [0.15, 0.2) is 65.7 Å². The van der Waals surface area contributed by atoms with Gasteiger partial charge in [0.1, 0.15) is 16.4 Å². The minimum Gasteiger partial charge on any atom is -0.462 e. The molecule has 0 spiro atoms. The predicted molar refractivity (Wildman–Crippen MR) is 99.9 cm³/mol. The third kappa shape index (κ3) is 3.85. The number of hydrogen-bond donors (Lipinski definition) is 1. The Morgan fingerprint density at radius 2 is 1.76 bits per heavy atom. The Morgan fingerprint density at radius 3 is 2.40 bits per heavy atom. The summed E-state index contributed by atoms with van der Waals surface area (Å²) in [5.41, 5.74) is 8.50. The summed E-state index contributed by atoms with van der Waals surface area (Å²) in [6.07, 6.45) is 0. The number of hydrogen-bond acceptors (Lipinski definition) is 5. The van der Waals surface area contributed by atoms with Gasteiger partial charge < -0.3 is 10.5 Å². The molecule has 2 N–H and O–H groups in total. The van der Waals surface area contributed by atoms with E-state index in [0.29, 0.717) is 22.2 Å². The molecule has 0 aliphatic carbocycles. The SMILES string of the molecule is CCOC(=O)c1c(SCc2ccccc2)nn(-c2ccccc2)c1N. The molecule has 0 radical (unpaired) electrons. The zero-order chi connectivity index (χ0) is 17.6. The molecule has 0 atom stereocenters. The molecule has 0 amide bonds. The van der Waals surface area contributed by atoms with Crippen LogP contribution in [0.5, 0.6) is 0 Å². The van der Waals surface area contributed by atoms with Gasteiger partial charge in [0, 0.05) is 5.75 Å². The van der Waals surface area contributed by atoms with Crippen molar-refractivity contribution in [2.75, 3.05) is 12.3 Å². The third-order valence-corrected chi connectivity index (χ3v) is 4.62. The van der Waals surface area contributed by atoms with Gasteiger partial charge in [0.25, 0.3) is 0 Å². The van der Waals surface area contributed by atoms with Gasteiger partial charge in [0.05, 0.1) is 12.3 Å². The van der Waals surface area contributed by atoms with Crippen molar-refractivity contribution >= 4 is 23.5 Å². The molecule has 0 aliphatic heterocycles. The summed E-state index contributed by atoms with van der Waals surface area (Å²) in [5.74, 6) is 0.538. The maximum atomic E-state index is 12.4. The Bertz CT molecular complexity index is 848. The van der Waals surface area contributed by atoms with Crippen molar-refractivity contribution in [1.82, 2.24) is 9.78 Å². The zero-order valence-electron chi connectivity index (χ0n) is 13.9. The number of nitrogens with zero attached hydrogens (tertiary/aromatic N) is 2. The number of benzene rings is 2. The molecule has 0 aliphatic rings. The Morgan fingerprint density at radius 1 is 1.12 bits per heavy atom. The maximum absolute atomic E-state index is 12.4. The topological polar surface area (TPSA) is 70.1 Å². The number of nitrogen functional groups attached to an aromatic ring is 1. The fraction of sp³-hybridized carbons (Fsp3) is 0.158. The highest BCUT2D eigenvalue weighted by molar-refractivity contribution is 7.98. The van der Waals surface area contributed by atoms with Crippen LogP contribution in [0, 0.1) is 0 Å². The molecular weight excluding hydrogens is 334 g/mol. The summed E-state index contributed by atoms with van der Waals surface area (Å²) in [6.45, 7) is 2.06. The number of carbonyl (C=O) groups is 1. The van der Waals surface area contributed by atoms with Crippen LogP contribution in [0.25, 0.3) is 5.69 Å². The van der Waals surface area contributed by atoms with Crippen LogP contribution in [0.1, 0.15) is 22.8 Å². The summed E-state index contributed by atoms with van der Waals surface area (Å²) in [4.78, 5) is 12.4. The van der Waals surface area contributed by atoms with Crippen LogP contribution in [0.3, 0.4) is 0 Å². The summed E-state index contributed by atoms with van der Waals surface area (Å²) >= 11 is 1.47. The quantitative estimate of drug-likeness (QED) is 0.537. The van der Waals surface area contributed by atoms with E-state index >= 15 is 0 Å². The van der Waals surface area contributed by atoms with E-state index in [1.807, 2.05) is 60.7 Å². The van der Waals surface area contributed by atoms with E-state index in [1.54, 1.807) is 11.6 Å². The molecule has 0 unspecified atom stereocenters. The second-order valence-electron chi connectivity index (χ2n) is 5.31. The number of para-hydroxylation sites is 1. The van der Waals surface area contributed by atoms with Crippen LogP contribution in [-0.2, 0) is 10.5 Å². The lowest BCUT2D eigenvalue weighted by Gasteiger charge is -2.04. The van der Waals surface area contributed by atoms with E-state index in [1.165, 1.54) is 11.8 Å². The first-order valence-corrected chi connectivity index (χ1v) is 8.97. The second kappa shape index (κ2) is 7.90. The molecule has 0 saturated heterocycles. The van der Waals surface area contributed by atoms with E-state index in [4.69, 9.17) is 10.5 Å². The smallest absolute Gasteiger partial charge is 0.344 e. The fourth-order valence-corrected chi connectivity index (χ4v) is 3.37. The van der Waals surface area contributed by atoms with Crippen molar-refractivity contribution in [2.45, 2.75) is 17.7 Å². The lowest BCUT2D eigenvalue weighted by atomic mass is 10.2. The van der Waals surface area contributed by atoms with Crippen LogP contribution >= 0.6 is 11.8 Å². The van der Waals surface area contributed by atoms with Crippen molar-refractivity contribution in [2.24, 2.45) is 0 Å². The van der Waals surface area contributed by atoms with Gasteiger partial charge >= 0.3 is 5.97 Å². The highest BCUT2D eigenvalue weighted by Crippen LogP contribution is 2.31. The largest absolute Gasteiger partial charge is 0.462 e. The van der Waals surface area contributed by atoms with Gasteiger partial charge in [-0.25, -0.2) is 9.48 Å². The van der Waals surface area contributed by atoms with E-state index < -0.39 is 5.97 Å². The van der Waals surface area contributed by atoms with Gasteiger partial charge in [-0.1, -0.05) is 60.3 Å². The average molecular weight is 353 g/mol. The van der Waals surface area contributed by atoms with Crippen LogP contribution in [-0.4, -0.2) is 22.4 Å². The van der Waals surface area contributed by atoms with Crippen LogP contribution < -0.4 is 5.73 Å². The highest BCUT2D eigenvalue weighted by atomic mass is 32.2. The predicted octanol–water partition coefficient (Wildman–Crippen LogP) is 3.92. The molecule has 5 nitrogen and oxygen atoms in total. The van der Waals surface area contributed by atoms with Crippen LogP contribution in [0.2, 0.25) is 0 Å². The molecule has 128 valence electrons. The van der Waals surface area contributed by atoms with Gasteiger partial charge in [-0.15, -0.1) is 0 Å². The Kier molecular flexibility index (Phi) is 5.40. The number of carbonyl (C=O) groups excluding carboxylic acids is 1. The Balaban J connectivity index is 1.96. The Labute approximate surface area is 150 Å². The van der Waals surface area contributed by atoms with E-state index in [-0.39, 0.29) is 6.61 Å². The summed E-state index contributed by atoms with van der Waals surface area (Å²) < 4.78 is 6.75. The van der Waals surface area contributed by atoms with Gasteiger partial charge in [-0.2, -0.15) is 5.10 Å². The first-order valence-electron chi connectivity index (χ1n) is 7.98. The van der Waals surface area contributed by atoms with Crippen LogP contribution in [0.4, 0.5) is 5.82 Å². The molecular formula is C19H19N3O2S. The lowest BCUT2D eigenvalue weighted by molar-refractivity contribution is 0.0523. The first kappa shape index (κ1) is 17.1. The normalized spacial score (nSPS) is 10.6. The molecule has 2 aromatic carbocycles. The molecule has 0 fully saturated rings. The van der Waals surface area contributed by atoms with E-state index in [9.17, 15) is 4.79 Å². The fourth-order valence-electron chi connectivity index (χ4n) is 2.40. The molecule has 25 heavy (non-hydrogen) atoms. The highest BCUT2D eigenvalue weighted by Gasteiger charge is 2.24. The average Bonchev–Trinajstić information content (AvgIpc) is 2.98. The maximum Gasteiger partial charge on any atom is 0.344 e. The van der Waals surface area contributed by atoms with E-state index in [2.05, 4.69) is 5.10 Å². The zero-order valence-corrected chi connectivity index (χ0v) is 14.7. The lowest BCUT2D eigenvalue weighted by Crippen LogP contribution is -2.09. The van der Waals surface area contributed by atoms with Crippen molar-refractivity contribution in [3.63, 3.8) is 0 Å². The minimum atomic E-state index is -0.447. The number of ether oxygens (including phenoxy) is 1. The summed E-state index contributed by atoms with van der Waals surface area (Å²) in [7, 11) is 0. The number of thioether (sulfide) groups is 1. The molecule has 3 aromatic rings. The number of nitrogens with two attached hydrogens (primary N) is 1. The molecule has 3 rings (SSSR count). The Hall–Kier alpha value is -2.73. The standard InChI is InChI=1S/C19H19N3O2S/c1-2-24-19(23)16-17(20)22(15-11-7-4-8-12-15)21-18(16)25-13-14-9-5-3-6-10-14/h3-12H,2,13,20H2,1H3. The monoisotopic (exact) mass is 353 g/mol. The third-order valence-electron chi connectivity index (χ3n) is 3.59. The minimum absolute atomic E-state index is 0.289. The molecule has 1 aromatic heterocycles. The summed E-state index contributed by atoms with van der Waals surface area (Å²) in [6, 6.07) is 19.5. The molecule has 6 heteroatoms. The van der Waals surface area contributed by atoms with Crippen molar-refractivity contribution in [3.8, 4) is 5.69 Å². The molecule has 0 bridgehead atoms. The van der Waals surface area contributed by atoms with Crippen molar-refractivity contribution < 1.29 is 9.53 Å². The number of aromatic nitrogens is 2. The van der Waals surface area contributed by atoms with Gasteiger partial charge in [-0.05, 0) is 24.6 Å². The van der Waals surface area contributed by atoms with Crippen molar-refractivity contribution in [1.29, 1.82) is 0 Å². The number of rotatable bonds is 6. The van der Waals surface area contributed by atoms with Gasteiger partial charge in [0.2, 0.25) is 0 Å². The summed E-state index contributed by atoms with van der Waals surface area (Å²) in [5, 5.41) is 5.13. The van der Waals surface area contributed by atoms with Gasteiger partial charge in [-0.3, -0.25) is 0 Å². The second-order valence-corrected chi connectivity index (χ2v) is 6.27. The first-order chi connectivity index (χ1) is 12.2. The van der Waals surface area contributed by atoms with Gasteiger partial charge in [0.15, 0.2) is 0 Å².